The highest BCUT2D eigenvalue weighted by molar-refractivity contribution is 7.12. The Morgan fingerprint density at radius 1 is 1.28 bits per heavy atom. The Kier molecular flexibility index (Phi) is 5.13. The van der Waals surface area contributed by atoms with Crippen LogP contribution in [0.25, 0.3) is 0 Å². The summed E-state index contributed by atoms with van der Waals surface area (Å²) in [5, 5.41) is 2.20. The Morgan fingerprint density at radius 2 is 2.20 bits per heavy atom. The minimum atomic E-state index is 0.107. The fraction of sp³-hybridized carbons (Fsp3) is 0.500. The summed E-state index contributed by atoms with van der Waals surface area (Å²) in [6.07, 6.45) is 8.57. The van der Waals surface area contributed by atoms with E-state index in [0.29, 0.717) is 13.2 Å². The van der Waals surface area contributed by atoms with E-state index in [-0.39, 0.29) is 12.0 Å². The number of piperidine rings is 1. The first kappa shape index (κ1) is 16.7. The van der Waals surface area contributed by atoms with Gasteiger partial charge in [0, 0.05) is 19.3 Å². The van der Waals surface area contributed by atoms with Crippen LogP contribution in [0.15, 0.2) is 29.8 Å². The molecule has 1 fully saturated rings. The number of pyridine rings is 1. The Hall–Kier alpha value is -1.72. The van der Waals surface area contributed by atoms with Gasteiger partial charge in [0.05, 0.1) is 23.3 Å². The molecule has 3 heterocycles. The summed E-state index contributed by atoms with van der Waals surface area (Å²) in [4.78, 5) is 20.3. The number of nitrogens with zero attached hydrogens (tertiary/aromatic N) is 2. The quantitative estimate of drug-likeness (QED) is 0.836. The summed E-state index contributed by atoms with van der Waals surface area (Å²) in [6.45, 7) is 2.05. The van der Waals surface area contributed by atoms with Crippen LogP contribution in [0, 0.1) is 0 Å². The zero-order valence-corrected chi connectivity index (χ0v) is 15.3. The van der Waals surface area contributed by atoms with Gasteiger partial charge in [0.15, 0.2) is 0 Å². The van der Waals surface area contributed by atoms with E-state index >= 15 is 0 Å². The van der Waals surface area contributed by atoms with Gasteiger partial charge in [-0.15, -0.1) is 11.3 Å². The summed E-state index contributed by atoms with van der Waals surface area (Å²) in [7, 11) is 0. The zero-order chi connectivity index (χ0) is 17.1. The van der Waals surface area contributed by atoms with E-state index in [1.54, 1.807) is 17.5 Å². The molecule has 1 atom stereocenters. The molecular formula is C20H24N2O2S. The molecule has 1 aliphatic heterocycles. The fourth-order valence-corrected chi connectivity index (χ4v) is 4.91. The van der Waals surface area contributed by atoms with Gasteiger partial charge in [-0.1, -0.05) is 6.07 Å². The second kappa shape index (κ2) is 7.67. The summed E-state index contributed by atoms with van der Waals surface area (Å²) in [5.74, 6) is 0.208. The van der Waals surface area contributed by atoms with Gasteiger partial charge in [-0.05, 0) is 67.2 Å². The largest absolute Gasteiger partial charge is 0.370 e. The third kappa shape index (κ3) is 3.77. The molecule has 0 spiro atoms. The lowest BCUT2D eigenvalue weighted by Crippen LogP contribution is -2.43. The lowest BCUT2D eigenvalue weighted by molar-refractivity contribution is -0.00775. The van der Waals surface area contributed by atoms with Crippen LogP contribution in [-0.2, 0) is 24.2 Å². The summed E-state index contributed by atoms with van der Waals surface area (Å²) in [5.41, 5.74) is 3.66. The molecule has 5 heteroatoms. The SMILES string of the molecule is O=C(c1scc2c1CCCC2)N1CCCC(OCc2ccccn2)C1. The highest BCUT2D eigenvalue weighted by Gasteiger charge is 2.28. The number of aromatic nitrogens is 1. The average Bonchev–Trinajstić information content (AvgIpc) is 3.11. The standard InChI is InChI=1S/C20H24N2O2S/c23-20(19-18-9-2-1-6-15(18)14-25-19)22-11-5-8-17(12-22)24-13-16-7-3-4-10-21-16/h3-4,7,10,14,17H,1-2,5-6,8-9,11-13H2. The molecule has 0 aromatic carbocycles. The van der Waals surface area contributed by atoms with Crippen LogP contribution in [0.3, 0.4) is 0 Å². The van der Waals surface area contributed by atoms with Crippen molar-refractivity contribution >= 4 is 17.2 Å². The Labute approximate surface area is 152 Å². The van der Waals surface area contributed by atoms with Crippen molar-refractivity contribution in [3.8, 4) is 0 Å². The first-order chi connectivity index (χ1) is 12.3. The number of ether oxygens (including phenoxy) is 1. The molecule has 0 saturated carbocycles. The maximum atomic E-state index is 13.0. The number of aryl methyl sites for hydroxylation is 1. The van der Waals surface area contributed by atoms with Gasteiger partial charge in [-0.3, -0.25) is 9.78 Å². The minimum Gasteiger partial charge on any atom is -0.370 e. The van der Waals surface area contributed by atoms with Gasteiger partial charge in [-0.25, -0.2) is 0 Å². The molecular weight excluding hydrogens is 332 g/mol. The van der Waals surface area contributed by atoms with Gasteiger partial charge in [0.1, 0.15) is 0 Å². The molecule has 2 aromatic rings. The van der Waals surface area contributed by atoms with Crippen molar-refractivity contribution in [3.05, 3.63) is 51.5 Å². The lowest BCUT2D eigenvalue weighted by Gasteiger charge is -2.32. The summed E-state index contributed by atoms with van der Waals surface area (Å²) in [6, 6.07) is 5.86. The minimum absolute atomic E-state index is 0.107. The predicted octanol–water partition coefficient (Wildman–Crippen LogP) is 3.84. The van der Waals surface area contributed by atoms with E-state index in [0.717, 1.165) is 42.8 Å². The van der Waals surface area contributed by atoms with Gasteiger partial charge in [0.25, 0.3) is 5.91 Å². The van der Waals surface area contributed by atoms with Gasteiger partial charge in [0.2, 0.25) is 0 Å². The maximum absolute atomic E-state index is 13.0. The molecule has 0 radical (unpaired) electrons. The van der Waals surface area contributed by atoms with Crippen LogP contribution in [0.2, 0.25) is 0 Å². The van der Waals surface area contributed by atoms with Crippen molar-refractivity contribution < 1.29 is 9.53 Å². The first-order valence-electron chi connectivity index (χ1n) is 9.21. The lowest BCUT2D eigenvalue weighted by atomic mass is 9.93. The van der Waals surface area contributed by atoms with Gasteiger partial charge < -0.3 is 9.64 Å². The van der Waals surface area contributed by atoms with E-state index in [4.69, 9.17) is 4.74 Å². The number of carbonyl (C=O) groups is 1. The molecule has 1 unspecified atom stereocenters. The van der Waals surface area contributed by atoms with Crippen molar-refractivity contribution in [3.63, 3.8) is 0 Å². The van der Waals surface area contributed by atoms with E-state index in [1.165, 1.54) is 24.0 Å². The fourth-order valence-electron chi connectivity index (χ4n) is 3.79. The topological polar surface area (TPSA) is 42.4 Å². The average molecular weight is 356 g/mol. The smallest absolute Gasteiger partial charge is 0.264 e. The molecule has 1 aliphatic carbocycles. The van der Waals surface area contributed by atoms with Crippen LogP contribution in [0.5, 0.6) is 0 Å². The maximum Gasteiger partial charge on any atom is 0.264 e. The molecule has 25 heavy (non-hydrogen) atoms. The number of hydrogen-bond acceptors (Lipinski definition) is 4. The van der Waals surface area contributed by atoms with E-state index in [2.05, 4.69) is 10.4 Å². The van der Waals surface area contributed by atoms with E-state index < -0.39 is 0 Å². The third-order valence-corrected chi connectivity index (χ3v) is 6.22. The number of fused-ring (bicyclic) bond motifs is 1. The predicted molar refractivity (Wildman–Crippen MR) is 98.9 cm³/mol. The van der Waals surface area contributed by atoms with Gasteiger partial charge >= 0.3 is 0 Å². The Morgan fingerprint density at radius 3 is 3.08 bits per heavy atom. The molecule has 1 saturated heterocycles. The molecule has 4 nitrogen and oxygen atoms in total. The second-order valence-corrected chi connectivity index (χ2v) is 7.80. The third-order valence-electron chi connectivity index (χ3n) is 5.16. The zero-order valence-electron chi connectivity index (χ0n) is 14.4. The van der Waals surface area contributed by atoms with Crippen molar-refractivity contribution in [2.75, 3.05) is 13.1 Å². The number of hydrogen-bond donors (Lipinski definition) is 0. The molecule has 2 aromatic heterocycles. The van der Waals surface area contributed by atoms with Crippen molar-refractivity contribution in [2.24, 2.45) is 0 Å². The highest BCUT2D eigenvalue weighted by Crippen LogP contribution is 2.31. The highest BCUT2D eigenvalue weighted by atomic mass is 32.1. The van der Waals surface area contributed by atoms with Crippen molar-refractivity contribution in [2.45, 2.75) is 51.2 Å². The summed E-state index contributed by atoms with van der Waals surface area (Å²) < 4.78 is 6.03. The van der Waals surface area contributed by atoms with Crippen LogP contribution in [0.1, 0.15) is 52.2 Å². The summed E-state index contributed by atoms with van der Waals surface area (Å²) >= 11 is 1.64. The molecule has 0 bridgehead atoms. The first-order valence-corrected chi connectivity index (χ1v) is 10.1. The van der Waals surface area contributed by atoms with Crippen molar-refractivity contribution in [1.29, 1.82) is 0 Å². The van der Waals surface area contributed by atoms with Crippen LogP contribution >= 0.6 is 11.3 Å². The monoisotopic (exact) mass is 356 g/mol. The normalized spacial score (nSPS) is 20.3. The van der Waals surface area contributed by atoms with Crippen molar-refractivity contribution in [1.82, 2.24) is 9.88 Å². The number of rotatable bonds is 4. The molecule has 1 amide bonds. The Bertz CT molecular complexity index is 729. The van der Waals surface area contributed by atoms with Gasteiger partial charge in [-0.2, -0.15) is 0 Å². The van der Waals surface area contributed by atoms with Crippen LogP contribution in [-0.4, -0.2) is 35.0 Å². The molecule has 132 valence electrons. The van der Waals surface area contributed by atoms with Crippen LogP contribution in [0.4, 0.5) is 0 Å². The Balaban J connectivity index is 1.39. The molecule has 2 aliphatic rings. The molecule has 0 N–H and O–H groups in total. The number of carbonyl (C=O) groups excluding carboxylic acids is 1. The van der Waals surface area contributed by atoms with E-state index in [1.807, 2.05) is 23.1 Å². The number of thiophene rings is 1. The molecule has 4 rings (SSSR count). The second-order valence-electron chi connectivity index (χ2n) is 6.92. The van der Waals surface area contributed by atoms with Crippen LogP contribution < -0.4 is 0 Å². The number of amides is 1. The number of likely N-dealkylation sites (tertiary alicyclic amines) is 1. The van der Waals surface area contributed by atoms with E-state index in [9.17, 15) is 4.79 Å².